The van der Waals surface area contributed by atoms with E-state index < -0.39 is 35.9 Å². The Bertz CT molecular complexity index is 2820. The van der Waals surface area contributed by atoms with Crippen molar-refractivity contribution in [2.24, 2.45) is 11.7 Å². The van der Waals surface area contributed by atoms with Gasteiger partial charge in [0.25, 0.3) is 11.8 Å². The van der Waals surface area contributed by atoms with Crippen molar-refractivity contribution in [1.29, 1.82) is 0 Å². The first-order valence-electron chi connectivity index (χ1n) is 27.1. The van der Waals surface area contributed by atoms with Crippen molar-refractivity contribution >= 4 is 64.9 Å². The van der Waals surface area contributed by atoms with Gasteiger partial charge in [0, 0.05) is 95.8 Å². The fourth-order valence-electron chi connectivity index (χ4n) is 9.32. The number of unbranched alkanes of at least 4 members (excludes halogenated alkanes) is 2. The zero-order chi connectivity index (χ0) is 58.6. The van der Waals surface area contributed by atoms with Gasteiger partial charge in [0.1, 0.15) is 12.1 Å². The number of hydrogen-bond donors (Lipinski definition) is 7. The topological polar surface area (TPSA) is 324 Å². The summed E-state index contributed by atoms with van der Waals surface area (Å²) in [6, 6.07) is 11.3. The maximum Gasteiger partial charge on any atom is 0.312 e. The van der Waals surface area contributed by atoms with Crippen LogP contribution in [0.5, 0.6) is 23.0 Å². The zero-order valence-electron chi connectivity index (χ0n) is 46.2. The van der Waals surface area contributed by atoms with Crippen LogP contribution in [0.3, 0.4) is 0 Å². The molecule has 3 aromatic carbocycles. The van der Waals surface area contributed by atoms with Crippen LogP contribution in [0.15, 0.2) is 60.7 Å². The molecule has 2 atom stereocenters. The molecule has 0 spiro atoms. The lowest BCUT2D eigenvalue weighted by molar-refractivity contribution is -0.141. The Balaban J connectivity index is 0.907. The SMILES string of the molecule is COc1cc2c(cc1OCCCOc1cc3c(cc1OC)CN(C(=O)CCC(=O)NCc1ccc(NC(=O)[C@H](CCCNC(N)=O)NC(=O)[C@@H](NC(=O)CCCCCN4C(=O)C=CC4=O)C(C)C)cc1)C3)CN(C(=O)CCC(=O)O)C2. The number of benzene rings is 3. The standard InChI is InChI=1S/C57H73N9O15/c1-35(2)54(63-48(68)11-6-5-7-23-66-51(71)18-19-52(66)72)56(76)62-42(10-8-22-59-57(58)77)55(75)61-41-14-12-36(13-15-41)30-60-47(67)16-17-49(69)64-31-37-26-43(78-3)45(28-39(37)33-64)80-24-9-25-81-46-29-40-34-65(50(70)20-21-53(73)74)32-38(40)27-44(46)79-4/h12-15,18-19,26-29,35,42,54H,5-11,16-17,20-25,30-34H2,1-4H3,(H,60,67)(H,61,75)(H,62,76)(H,63,68)(H,73,74)(H3,58,59,77)/t42-,54-/m0/s1. The number of imide groups is 1. The van der Waals surface area contributed by atoms with E-state index in [0.717, 1.165) is 27.2 Å². The van der Waals surface area contributed by atoms with Gasteiger partial charge in [-0.05, 0) is 95.8 Å². The molecule has 3 aliphatic heterocycles. The number of carboxylic acid groups (broad SMARTS) is 1. The van der Waals surface area contributed by atoms with Crippen LogP contribution in [0.1, 0.15) is 112 Å². The van der Waals surface area contributed by atoms with Crippen LogP contribution in [0.4, 0.5) is 10.5 Å². The number of carbonyl (C=O) groups excluding carboxylic acids is 9. The fraction of sp³-hybridized carbons (Fsp3) is 0.474. The predicted octanol–water partition coefficient (Wildman–Crippen LogP) is 3.70. The number of rotatable bonds is 32. The van der Waals surface area contributed by atoms with Crippen molar-refractivity contribution in [3.8, 4) is 23.0 Å². The van der Waals surface area contributed by atoms with Crippen LogP contribution < -0.4 is 51.3 Å². The number of methoxy groups -OCH3 is 2. The summed E-state index contributed by atoms with van der Waals surface area (Å²) in [5.41, 5.74) is 9.93. The van der Waals surface area contributed by atoms with Crippen LogP contribution in [0.2, 0.25) is 0 Å². The summed E-state index contributed by atoms with van der Waals surface area (Å²) < 4.78 is 23.3. The number of nitrogens with one attached hydrogen (secondary N) is 5. The van der Waals surface area contributed by atoms with E-state index >= 15 is 0 Å². The number of nitrogens with zero attached hydrogens (tertiary/aromatic N) is 3. The molecule has 0 unspecified atom stereocenters. The number of fused-ring (bicyclic) bond motifs is 2. The Hall–Kier alpha value is -8.70. The number of amides is 10. The van der Waals surface area contributed by atoms with Gasteiger partial charge in [0.05, 0.1) is 33.9 Å². The molecule has 436 valence electrons. The monoisotopic (exact) mass is 1120 g/mol. The molecule has 3 heterocycles. The Labute approximate surface area is 469 Å². The molecule has 0 fully saturated rings. The van der Waals surface area contributed by atoms with Crippen LogP contribution in [0, 0.1) is 5.92 Å². The lowest BCUT2D eigenvalue weighted by Gasteiger charge is -2.25. The van der Waals surface area contributed by atoms with Gasteiger partial charge in [-0.3, -0.25) is 48.1 Å². The van der Waals surface area contributed by atoms with E-state index in [1.807, 2.05) is 24.3 Å². The highest BCUT2D eigenvalue weighted by atomic mass is 16.5. The molecule has 0 saturated carbocycles. The summed E-state index contributed by atoms with van der Waals surface area (Å²) in [5, 5.41) is 22.6. The second-order valence-electron chi connectivity index (χ2n) is 20.2. The summed E-state index contributed by atoms with van der Waals surface area (Å²) in [6.07, 6.45) is 4.67. The number of anilines is 1. The maximum absolute atomic E-state index is 13.6. The molecule has 0 saturated heterocycles. The van der Waals surface area contributed by atoms with Crippen LogP contribution in [0.25, 0.3) is 0 Å². The maximum atomic E-state index is 13.6. The van der Waals surface area contributed by atoms with Crippen molar-refractivity contribution in [3.05, 3.63) is 88.5 Å². The number of carbonyl (C=O) groups is 10. The van der Waals surface area contributed by atoms with Crippen LogP contribution in [-0.2, 0) is 75.9 Å². The molecule has 24 nitrogen and oxygen atoms in total. The van der Waals surface area contributed by atoms with Crippen molar-refractivity contribution in [3.63, 3.8) is 0 Å². The Morgan fingerprint density at radius 3 is 1.68 bits per heavy atom. The van der Waals surface area contributed by atoms with E-state index in [1.165, 1.54) is 26.4 Å². The van der Waals surface area contributed by atoms with E-state index in [2.05, 4.69) is 26.6 Å². The largest absolute Gasteiger partial charge is 0.493 e. The fourth-order valence-corrected chi connectivity index (χ4v) is 9.32. The molecule has 6 rings (SSSR count). The molecule has 0 aromatic heterocycles. The summed E-state index contributed by atoms with van der Waals surface area (Å²) in [7, 11) is 3.07. The molecule has 8 N–H and O–H groups in total. The smallest absolute Gasteiger partial charge is 0.312 e. The van der Waals surface area contributed by atoms with E-state index in [9.17, 15) is 47.9 Å². The lowest BCUT2D eigenvalue weighted by atomic mass is 10.0. The molecule has 81 heavy (non-hydrogen) atoms. The van der Waals surface area contributed by atoms with Crippen LogP contribution >= 0.6 is 0 Å². The predicted molar refractivity (Wildman–Crippen MR) is 293 cm³/mol. The summed E-state index contributed by atoms with van der Waals surface area (Å²) in [4.78, 5) is 129. The molecule has 3 aliphatic rings. The second kappa shape index (κ2) is 30.0. The minimum atomic E-state index is -1.06. The van der Waals surface area contributed by atoms with E-state index in [4.69, 9.17) is 29.8 Å². The molecule has 24 heteroatoms. The number of nitrogens with two attached hydrogens (primary N) is 1. The van der Waals surface area contributed by atoms with Gasteiger partial charge in [-0.25, -0.2) is 4.79 Å². The third-order valence-corrected chi connectivity index (χ3v) is 13.8. The number of urea groups is 1. The Morgan fingerprint density at radius 2 is 1.16 bits per heavy atom. The molecule has 0 radical (unpaired) electrons. The van der Waals surface area contributed by atoms with Gasteiger partial charge in [-0.2, -0.15) is 0 Å². The second-order valence-corrected chi connectivity index (χ2v) is 20.2. The molecular weight excluding hydrogens is 1050 g/mol. The van der Waals surface area contributed by atoms with E-state index in [0.29, 0.717) is 99.3 Å². The zero-order valence-corrected chi connectivity index (χ0v) is 46.2. The first kappa shape index (κ1) is 61.5. The number of ether oxygens (including phenoxy) is 4. The first-order valence-corrected chi connectivity index (χ1v) is 27.1. The molecule has 10 amide bonds. The highest BCUT2D eigenvalue weighted by molar-refractivity contribution is 6.12. The van der Waals surface area contributed by atoms with E-state index in [-0.39, 0.29) is 106 Å². The summed E-state index contributed by atoms with van der Waals surface area (Å²) in [6.45, 7) is 6.04. The van der Waals surface area contributed by atoms with Gasteiger partial charge in [-0.15, -0.1) is 0 Å². The van der Waals surface area contributed by atoms with E-state index in [1.54, 1.807) is 47.9 Å². The van der Waals surface area contributed by atoms with Gasteiger partial charge in [0.15, 0.2) is 23.0 Å². The number of aliphatic carboxylic acids is 1. The number of primary amides is 1. The molecular formula is C57H73N9O15. The van der Waals surface area contributed by atoms with Gasteiger partial charge >= 0.3 is 12.0 Å². The number of hydrogen-bond acceptors (Lipinski definition) is 14. The molecule has 0 aliphatic carbocycles. The van der Waals surface area contributed by atoms with Crippen molar-refractivity contribution in [2.75, 3.05) is 45.8 Å². The lowest BCUT2D eigenvalue weighted by Crippen LogP contribution is -2.54. The third-order valence-electron chi connectivity index (χ3n) is 13.8. The minimum absolute atomic E-state index is 0.0167. The summed E-state index contributed by atoms with van der Waals surface area (Å²) in [5.74, 6) is -2.28. The Kier molecular flexibility index (Phi) is 22.8. The van der Waals surface area contributed by atoms with Crippen molar-refractivity contribution in [1.82, 2.24) is 36.0 Å². The average Bonchev–Trinajstić information content (AvgIpc) is 4.40. The molecule has 0 bridgehead atoms. The first-order chi connectivity index (χ1) is 38.8. The van der Waals surface area contributed by atoms with Gasteiger partial charge in [0.2, 0.25) is 35.4 Å². The third kappa shape index (κ3) is 18.4. The van der Waals surface area contributed by atoms with Gasteiger partial charge in [-0.1, -0.05) is 32.4 Å². The minimum Gasteiger partial charge on any atom is -0.493 e. The average molecular weight is 1120 g/mol. The molecule has 3 aromatic rings. The van der Waals surface area contributed by atoms with Crippen molar-refractivity contribution < 1.29 is 72.0 Å². The van der Waals surface area contributed by atoms with Crippen molar-refractivity contribution in [2.45, 2.75) is 129 Å². The summed E-state index contributed by atoms with van der Waals surface area (Å²) >= 11 is 0. The van der Waals surface area contributed by atoms with Crippen LogP contribution in [-0.4, -0.2) is 132 Å². The normalized spacial score (nSPS) is 14.0. The number of carboxylic acids is 1. The highest BCUT2D eigenvalue weighted by Gasteiger charge is 2.31. The quantitative estimate of drug-likeness (QED) is 0.0346. The van der Waals surface area contributed by atoms with Gasteiger partial charge < -0.3 is 66.2 Å². The highest BCUT2D eigenvalue weighted by Crippen LogP contribution is 2.37. The Morgan fingerprint density at radius 1 is 0.617 bits per heavy atom.